The lowest BCUT2D eigenvalue weighted by atomic mass is 10.1. The molecule has 1 aliphatic rings. The van der Waals surface area contributed by atoms with E-state index in [0.29, 0.717) is 31.7 Å². The zero-order valence-electron chi connectivity index (χ0n) is 12.3. The number of carbonyl (C=O) groups is 1. The number of rotatable bonds is 5. The Morgan fingerprint density at radius 3 is 2.95 bits per heavy atom. The Bertz CT molecular complexity index is 533. The summed E-state index contributed by atoms with van der Waals surface area (Å²) in [6.07, 6.45) is 0.341. The number of nitrogens with zero attached hydrogens (tertiary/aromatic N) is 1. The van der Waals surface area contributed by atoms with Gasteiger partial charge in [0.05, 0.1) is 18.1 Å². The number of hydrogen-bond acceptors (Lipinski definition) is 5. The third-order valence-electron chi connectivity index (χ3n) is 3.52. The molecule has 2 N–H and O–H groups in total. The maximum Gasteiger partial charge on any atom is 0.272 e. The molecule has 1 fully saturated rings. The van der Waals surface area contributed by atoms with E-state index in [1.54, 1.807) is 19.1 Å². The van der Waals surface area contributed by atoms with E-state index >= 15 is 0 Å². The van der Waals surface area contributed by atoms with Crippen molar-refractivity contribution in [1.82, 2.24) is 10.6 Å². The number of hydrogen-bond donors (Lipinski definition) is 2. The van der Waals surface area contributed by atoms with Crippen LogP contribution in [0.2, 0.25) is 0 Å². The molecule has 2 rings (SSSR count). The van der Waals surface area contributed by atoms with Crippen molar-refractivity contribution in [2.45, 2.75) is 25.9 Å². The van der Waals surface area contributed by atoms with Gasteiger partial charge in [0, 0.05) is 37.2 Å². The molecule has 1 unspecified atom stereocenters. The summed E-state index contributed by atoms with van der Waals surface area (Å²) in [5, 5.41) is 16.9. The Morgan fingerprint density at radius 1 is 1.55 bits per heavy atom. The summed E-state index contributed by atoms with van der Waals surface area (Å²) in [6.45, 7) is 3.94. The number of amides is 1. The van der Waals surface area contributed by atoms with E-state index in [4.69, 9.17) is 4.74 Å². The average molecular weight is 330 g/mol. The summed E-state index contributed by atoms with van der Waals surface area (Å²) in [5.41, 5.74) is 1.41. The van der Waals surface area contributed by atoms with Crippen molar-refractivity contribution >= 4 is 24.0 Å². The second kappa shape index (κ2) is 8.67. The lowest BCUT2D eigenvalue weighted by Crippen LogP contribution is -2.44. The smallest absolute Gasteiger partial charge is 0.272 e. The molecule has 122 valence electrons. The largest absolute Gasteiger partial charge is 0.378 e. The van der Waals surface area contributed by atoms with Gasteiger partial charge in [0.2, 0.25) is 5.91 Å². The quantitative estimate of drug-likeness (QED) is 0.627. The fourth-order valence-corrected chi connectivity index (χ4v) is 2.30. The van der Waals surface area contributed by atoms with Gasteiger partial charge in [0.15, 0.2) is 0 Å². The zero-order valence-corrected chi connectivity index (χ0v) is 13.1. The summed E-state index contributed by atoms with van der Waals surface area (Å²) in [4.78, 5) is 22.3. The molecular formula is C14H20ClN3O4. The summed E-state index contributed by atoms with van der Waals surface area (Å²) < 4.78 is 5.29. The monoisotopic (exact) mass is 329 g/mol. The number of nitro groups is 1. The summed E-state index contributed by atoms with van der Waals surface area (Å²) >= 11 is 0. The highest BCUT2D eigenvalue weighted by molar-refractivity contribution is 5.85. The van der Waals surface area contributed by atoms with Crippen LogP contribution in [0.1, 0.15) is 17.5 Å². The van der Waals surface area contributed by atoms with Crippen LogP contribution in [0, 0.1) is 17.0 Å². The molecule has 1 aromatic rings. The average Bonchev–Trinajstić information content (AvgIpc) is 2.47. The molecule has 0 spiro atoms. The predicted molar refractivity (Wildman–Crippen MR) is 84.2 cm³/mol. The molecule has 1 aromatic carbocycles. The summed E-state index contributed by atoms with van der Waals surface area (Å²) in [6, 6.07) is 4.91. The van der Waals surface area contributed by atoms with E-state index < -0.39 is 4.92 Å². The van der Waals surface area contributed by atoms with E-state index in [1.807, 2.05) is 0 Å². The Labute approximate surface area is 135 Å². The van der Waals surface area contributed by atoms with Gasteiger partial charge in [-0.1, -0.05) is 12.1 Å². The van der Waals surface area contributed by atoms with Crippen LogP contribution in [0.25, 0.3) is 0 Å². The van der Waals surface area contributed by atoms with Crippen LogP contribution in [0.5, 0.6) is 0 Å². The minimum absolute atomic E-state index is 0. The molecule has 8 heteroatoms. The van der Waals surface area contributed by atoms with Crippen LogP contribution >= 0.6 is 12.4 Å². The second-order valence-electron chi connectivity index (χ2n) is 5.03. The molecule has 1 aliphatic heterocycles. The van der Waals surface area contributed by atoms with Crippen LogP contribution in [0.15, 0.2) is 18.2 Å². The molecule has 0 saturated carbocycles. The number of carbonyl (C=O) groups excluding carboxylic acids is 1. The molecule has 0 bridgehead atoms. The van der Waals surface area contributed by atoms with Gasteiger partial charge >= 0.3 is 0 Å². The minimum atomic E-state index is -0.413. The molecule has 0 aromatic heterocycles. The molecule has 1 atom stereocenters. The Balaban J connectivity index is 0.00000242. The lowest BCUT2D eigenvalue weighted by molar-refractivity contribution is -0.385. The Morgan fingerprint density at radius 2 is 2.32 bits per heavy atom. The molecule has 22 heavy (non-hydrogen) atoms. The van der Waals surface area contributed by atoms with Crippen molar-refractivity contribution in [3.63, 3.8) is 0 Å². The van der Waals surface area contributed by atoms with Gasteiger partial charge < -0.3 is 15.4 Å². The Kier molecular flexibility index (Phi) is 7.23. The van der Waals surface area contributed by atoms with Crippen molar-refractivity contribution < 1.29 is 14.5 Å². The highest BCUT2D eigenvalue weighted by Crippen LogP contribution is 2.20. The number of nitrogens with one attached hydrogen (secondary N) is 2. The van der Waals surface area contributed by atoms with Crippen LogP contribution in [0.3, 0.4) is 0 Å². The molecule has 0 radical (unpaired) electrons. The summed E-state index contributed by atoms with van der Waals surface area (Å²) in [5.74, 6) is -0.0936. The van der Waals surface area contributed by atoms with Crippen molar-refractivity contribution in [2.75, 3.05) is 19.8 Å². The van der Waals surface area contributed by atoms with Crippen molar-refractivity contribution in [3.8, 4) is 0 Å². The van der Waals surface area contributed by atoms with Crippen molar-refractivity contribution in [3.05, 3.63) is 39.4 Å². The third kappa shape index (κ3) is 4.94. The topological polar surface area (TPSA) is 93.5 Å². The molecule has 1 amide bonds. The minimum Gasteiger partial charge on any atom is -0.378 e. The van der Waals surface area contributed by atoms with Crippen molar-refractivity contribution in [1.29, 1.82) is 0 Å². The van der Waals surface area contributed by atoms with E-state index in [9.17, 15) is 14.9 Å². The van der Waals surface area contributed by atoms with Crippen LogP contribution in [-0.4, -0.2) is 36.6 Å². The number of nitro benzene ring substituents is 1. The fraction of sp³-hybridized carbons (Fsp3) is 0.500. The second-order valence-corrected chi connectivity index (χ2v) is 5.03. The van der Waals surface area contributed by atoms with E-state index in [0.717, 1.165) is 12.1 Å². The van der Waals surface area contributed by atoms with Crippen molar-refractivity contribution in [2.24, 2.45) is 0 Å². The molecule has 7 nitrogen and oxygen atoms in total. The van der Waals surface area contributed by atoms with Crippen LogP contribution in [-0.2, 0) is 16.1 Å². The van der Waals surface area contributed by atoms with E-state index in [1.165, 1.54) is 6.07 Å². The zero-order chi connectivity index (χ0) is 15.2. The van der Waals surface area contributed by atoms with E-state index in [-0.39, 0.29) is 30.0 Å². The first-order chi connectivity index (χ1) is 10.1. The van der Waals surface area contributed by atoms with Gasteiger partial charge in [-0.25, -0.2) is 0 Å². The number of halogens is 1. The first-order valence-electron chi connectivity index (χ1n) is 6.88. The maximum atomic E-state index is 11.9. The molecular weight excluding hydrogens is 310 g/mol. The third-order valence-corrected chi connectivity index (χ3v) is 3.52. The molecule has 0 aliphatic carbocycles. The SMILES string of the molecule is Cc1c(CNC(=O)CC2COCCN2)cccc1[N+](=O)[O-].Cl. The number of morpholine rings is 1. The Hall–Kier alpha value is -1.70. The van der Waals surface area contributed by atoms with Gasteiger partial charge in [0.1, 0.15) is 0 Å². The summed E-state index contributed by atoms with van der Waals surface area (Å²) in [7, 11) is 0. The van der Waals surface area contributed by atoms with Crippen LogP contribution in [0.4, 0.5) is 5.69 Å². The number of ether oxygens (including phenoxy) is 1. The van der Waals surface area contributed by atoms with Gasteiger partial charge in [0.25, 0.3) is 5.69 Å². The lowest BCUT2D eigenvalue weighted by Gasteiger charge is -2.23. The normalized spacial score (nSPS) is 17.4. The first kappa shape index (κ1) is 18.3. The van der Waals surface area contributed by atoms with E-state index in [2.05, 4.69) is 10.6 Å². The number of benzene rings is 1. The molecule has 1 saturated heterocycles. The van der Waals surface area contributed by atoms with Gasteiger partial charge in [-0.2, -0.15) is 0 Å². The first-order valence-corrected chi connectivity index (χ1v) is 6.88. The highest BCUT2D eigenvalue weighted by atomic mass is 35.5. The predicted octanol–water partition coefficient (Wildman–Crippen LogP) is 1.32. The van der Waals surface area contributed by atoms with Gasteiger partial charge in [-0.3, -0.25) is 14.9 Å². The highest BCUT2D eigenvalue weighted by Gasteiger charge is 2.17. The van der Waals surface area contributed by atoms with Gasteiger partial charge in [-0.05, 0) is 12.5 Å². The standard InChI is InChI=1S/C14H19N3O4.ClH/c1-10-11(3-2-4-13(10)17(19)20)8-16-14(18)7-12-9-21-6-5-15-12;/h2-4,12,15H,5-9H2,1H3,(H,16,18);1H. The van der Waals surface area contributed by atoms with Gasteiger partial charge in [-0.15, -0.1) is 12.4 Å². The van der Waals surface area contributed by atoms with Crippen LogP contribution < -0.4 is 10.6 Å². The molecule has 1 heterocycles. The maximum absolute atomic E-state index is 11.9. The fourth-order valence-electron chi connectivity index (χ4n) is 2.30.